The molecule has 2 saturated heterocycles. The van der Waals surface area contributed by atoms with Crippen LogP contribution >= 0.6 is 0 Å². The number of allylic oxidation sites excluding steroid dienone is 1. The van der Waals surface area contributed by atoms with E-state index in [9.17, 15) is 30.3 Å². The zero-order valence-corrected chi connectivity index (χ0v) is 23.1. The number of hydrogen-bond acceptors (Lipinski definition) is 10. The summed E-state index contributed by atoms with van der Waals surface area (Å²) in [6.07, 6.45) is -2.93. The molecule has 0 spiro atoms. The highest BCUT2D eigenvalue weighted by molar-refractivity contribution is 5.80. The summed E-state index contributed by atoms with van der Waals surface area (Å²) in [6, 6.07) is -0.919. The average Bonchev–Trinajstić information content (AvgIpc) is 3.62. The van der Waals surface area contributed by atoms with Crippen molar-refractivity contribution in [1.82, 2.24) is 5.32 Å². The van der Waals surface area contributed by atoms with Crippen molar-refractivity contribution < 1.29 is 44.5 Å². The summed E-state index contributed by atoms with van der Waals surface area (Å²) in [5, 5.41) is 56.5. The van der Waals surface area contributed by atoms with Crippen molar-refractivity contribution in [1.29, 1.82) is 0 Å². The molecule has 0 aromatic carbocycles. The van der Waals surface area contributed by atoms with Crippen molar-refractivity contribution >= 4 is 5.91 Å². The van der Waals surface area contributed by atoms with Gasteiger partial charge in [0.1, 0.15) is 6.10 Å². The Morgan fingerprint density at radius 1 is 1.16 bits per heavy atom. The Morgan fingerprint density at radius 2 is 1.82 bits per heavy atom. The Morgan fingerprint density at radius 3 is 2.39 bits per heavy atom. The number of nitrogens with one attached hydrogen (secondary N) is 1. The Hall–Kier alpha value is -1.15. The molecule has 1 saturated carbocycles. The highest BCUT2D eigenvalue weighted by atomic mass is 16.7. The number of hydrogen-bond donors (Lipinski definition) is 7. The molecular formula is C27H48N2O9. The van der Waals surface area contributed by atoms with Crippen LogP contribution < -0.4 is 11.1 Å². The quantitative estimate of drug-likeness (QED) is 0.173. The van der Waals surface area contributed by atoms with E-state index in [-0.39, 0.29) is 43.0 Å². The molecule has 220 valence electrons. The monoisotopic (exact) mass is 544 g/mol. The predicted octanol–water partition coefficient (Wildman–Crippen LogP) is -0.0920. The molecule has 2 heterocycles. The van der Waals surface area contributed by atoms with Gasteiger partial charge in [0, 0.05) is 25.3 Å². The smallest absolute Gasteiger partial charge is 0.228 e. The molecule has 11 heteroatoms. The summed E-state index contributed by atoms with van der Waals surface area (Å²) in [5.74, 6) is -3.18. The molecular weight excluding hydrogens is 496 g/mol. The normalized spacial score (nSPS) is 40.0. The fourth-order valence-corrected chi connectivity index (χ4v) is 4.97. The van der Waals surface area contributed by atoms with Crippen molar-refractivity contribution in [3.05, 3.63) is 12.2 Å². The van der Waals surface area contributed by atoms with E-state index in [1.54, 1.807) is 13.0 Å². The lowest BCUT2D eigenvalue weighted by Crippen LogP contribution is -2.62. The van der Waals surface area contributed by atoms with Crippen molar-refractivity contribution in [3.63, 3.8) is 0 Å². The molecule has 1 amide bonds. The first kappa shape index (κ1) is 31.4. The zero-order chi connectivity index (χ0) is 28.4. The molecule has 5 unspecified atom stereocenters. The van der Waals surface area contributed by atoms with Crippen LogP contribution in [0, 0.1) is 17.8 Å². The largest absolute Gasteiger partial charge is 0.393 e. The van der Waals surface area contributed by atoms with E-state index in [1.807, 2.05) is 33.8 Å². The van der Waals surface area contributed by atoms with Crippen molar-refractivity contribution in [2.45, 2.75) is 134 Å². The molecule has 3 aliphatic rings. The van der Waals surface area contributed by atoms with Crippen LogP contribution in [0.4, 0.5) is 0 Å². The number of carbonyl (C=O) groups excluding carboxylic acids is 1. The molecule has 0 radical (unpaired) electrons. The molecule has 0 bridgehead atoms. The highest BCUT2D eigenvalue weighted by Crippen LogP contribution is 2.38. The first-order chi connectivity index (χ1) is 17.7. The summed E-state index contributed by atoms with van der Waals surface area (Å²) in [7, 11) is 0. The topological polar surface area (TPSA) is 184 Å². The van der Waals surface area contributed by atoms with Gasteiger partial charge >= 0.3 is 0 Å². The first-order valence-electron chi connectivity index (χ1n) is 13.9. The van der Waals surface area contributed by atoms with E-state index in [0.29, 0.717) is 0 Å². The minimum absolute atomic E-state index is 0.0435. The minimum atomic E-state index is -1.85. The van der Waals surface area contributed by atoms with E-state index in [0.717, 1.165) is 12.8 Å². The molecule has 8 N–H and O–H groups in total. The molecule has 2 aliphatic heterocycles. The molecule has 0 aromatic rings. The summed E-state index contributed by atoms with van der Waals surface area (Å²) in [5.41, 5.74) is 5.98. The Kier molecular flexibility index (Phi) is 10.7. The predicted molar refractivity (Wildman–Crippen MR) is 138 cm³/mol. The Bertz CT molecular complexity index is 807. The summed E-state index contributed by atoms with van der Waals surface area (Å²) < 4.78 is 17.9. The molecule has 11 nitrogen and oxygen atoms in total. The van der Waals surface area contributed by atoms with Gasteiger partial charge in [0.05, 0.1) is 48.6 Å². The van der Waals surface area contributed by atoms with E-state index in [2.05, 4.69) is 5.32 Å². The van der Waals surface area contributed by atoms with Gasteiger partial charge in [-0.25, -0.2) is 0 Å². The number of rotatable bonds is 11. The van der Waals surface area contributed by atoms with Crippen LogP contribution in [-0.2, 0) is 19.0 Å². The van der Waals surface area contributed by atoms with Crippen molar-refractivity contribution in [3.8, 4) is 0 Å². The van der Waals surface area contributed by atoms with Crippen LogP contribution in [0.5, 0.6) is 0 Å². The highest BCUT2D eigenvalue weighted by Gasteiger charge is 2.51. The third-order valence-electron chi connectivity index (χ3n) is 7.62. The van der Waals surface area contributed by atoms with Gasteiger partial charge in [-0.05, 0) is 31.6 Å². The van der Waals surface area contributed by atoms with Crippen LogP contribution in [0.25, 0.3) is 0 Å². The van der Waals surface area contributed by atoms with Gasteiger partial charge in [-0.3, -0.25) is 4.79 Å². The van der Waals surface area contributed by atoms with Gasteiger partial charge in [-0.15, -0.1) is 0 Å². The van der Waals surface area contributed by atoms with Gasteiger partial charge in [-0.1, -0.05) is 39.8 Å². The number of aliphatic hydroxyl groups is 5. The number of carbonyl (C=O) groups is 1. The van der Waals surface area contributed by atoms with E-state index >= 15 is 0 Å². The zero-order valence-electron chi connectivity index (χ0n) is 23.1. The summed E-state index contributed by atoms with van der Waals surface area (Å²) in [6.45, 7) is 9.22. The second-order valence-corrected chi connectivity index (χ2v) is 12.0. The van der Waals surface area contributed by atoms with Crippen molar-refractivity contribution in [2.24, 2.45) is 23.5 Å². The lowest BCUT2D eigenvalue weighted by molar-refractivity contribution is -0.307. The van der Waals surface area contributed by atoms with Gasteiger partial charge in [0.25, 0.3) is 0 Å². The second kappa shape index (κ2) is 13.0. The van der Waals surface area contributed by atoms with Gasteiger partial charge in [-0.2, -0.15) is 0 Å². The third-order valence-corrected chi connectivity index (χ3v) is 7.62. The second-order valence-electron chi connectivity index (χ2n) is 12.0. The molecule has 11 atom stereocenters. The fourth-order valence-electron chi connectivity index (χ4n) is 4.97. The van der Waals surface area contributed by atoms with E-state index in [4.69, 9.17) is 19.9 Å². The molecule has 3 rings (SSSR count). The van der Waals surface area contributed by atoms with Gasteiger partial charge < -0.3 is 50.8 Å². The lowest BCUT2D eigenvalue weighted by atomic mass is 9.81. The molecule has 3 fully saturated rings. The van der Waals surface area contributed by atoms with Crippen LogP contribution in [-0.4, -0.2) is 98.3 Å². The van der Waals surface area contributed by atoms with E-state index < -0.39 is 66.8 Å². The Labute approximate surface area is 225 Å². The van der Waals surface area contributed by atoms with E-state index in [1.165, 1.54) is 0 Å². The summed E-state index contributed by atoms with van der Waals surface area (Å²) in [4.78, 5) is 13.2. The maximum absolute atomic E-state index is 13.2. The van der Waals surface area contributed by atoms with Crippen LogP contribution in [0.2, 0.25) is 0 Å². The maximum Gasteiger partial charge on any atom is 0.228 e. The van der Waals surface area contributed by atoms with Crippen LogP contribution in [0.3, 0.4) is 0 Å². The number of aliphatic hydroxyl groups excluding tert-OH is 4. The standard InChI is InChI=1S/C27H48N2O9/c1-13(2)6-9-17(37-26-24(33)22(28)23(32)15(5)36-26)10-20-21(25(34)29-16-7-8-16)19(31)12-27(35,38-20)11-18(30)14(3)4/h6,9,13-24,26,30-33,35H,7-8,10-12,28H2,1-5H3,(H,29,34)/b9-6+/t15?,17-,18+,19-,20-,21+,22?,23?,24?,26?,27+/m0/s1. The molecule has 38 heavy (non-hydrogen) atoms. The molecule has 1 aliphatic carbocycles. The number of ether oxygens (including phenoxy) is 3. The number of amides is 1. The Balaban J connectivity index is 1.85. The summed E-state index contributed by atoms with van der Waals surface area (Å²) >= 11 is 0. The van der Waals surface area contributed by atoms with Crippen molar-refractivity contribution in [2.75, 3.05) is 0 Å². The fraction of sp³-hybridized carbons (Fsp3) is 0.889. The minimum Gasteiger partial charge on any atom is -0.393 e. The average molecular weight is 545 g/mol. The van der Waals surface area contributed by atoms with Crippen LogP contribution in [0.15, 0.2) is 12.2 Å². The lowest BCUT2D eigenvalue weighted by Gasteiger charge is -2.46. The number of nitrogens with two attached hydrogens (primary N) is 1. The first-order valence-corrected chi connectivity index (χ1v) is 13.9. The van der Waals surface area contributed by atoms with Gasteiger partial charge in [0.2, 0.25) is 5.91 Å². The SMILES string of the molecule is CC(C)/C=C/[C@@H](C[C@@H]1O[C@](O)(C[C@@H](O)C(C)C)C[C@H](O)[C@H]1C(=O)NC1CC1)OC1OC(C)C(O)C(N)C1O. The molecule has 0 aromatic heterocycles. The van der Waals surface area contributed by atoms with Gasteiger partial charge in [0.15, 0.2) is 12.1 Å². The van der Waals surface area contributed by atoms with Crippen LogP contribution in [0.1, 0.15) is 66.7 Å². The third kappa shape index (κ3) is 8.18. The maximum atomic E-state index is 13.2.